The monoisotopic (exact) mass is 443 g/mol. The van der Waals surface area contributed by atoms with Gasteiger partial charge in [-0.2, -0.15) is 0 Å². The third kappa shape index (κ3) is 6.90. The lowest BCUT2D eigenvalue weighted by Gasteiger charge is -2.11. The number of rotatable bonds is 5. The zero-order chi connectivity index (χ0) is 16.5. The first-order valence-electron chi connectivity index (χ1n) is 7.07. The average molecular weight is 443 g/mol. The highest BCUT2D eigenvalue weighted by molar-refractivity contribution is 14.0. The van der Waals surface area contributed by atoms with Crippen LogP contribution in [0.25, 0.3) is 0 Å². The van der Waals surface area contributed by atoms with E-state index >= 15 is 0 Å². The molecule has 2 aromatic rings. The van der Waals surface area contributed by atoms with Crippen molar-refractivity contribution in [3.05, 3.63) is 60.2 Å². The lowest BCUT2D eigenvalue weighted by molar-refractivity contribution is -0.115. The van der Waals surface area contributed by atoms with Gasteiger partial charge in [-0.05, 0) is 36.4 Å². The maximum atomic E-state index is 12.8. The van der Waals surface area contributed by atoms with Crippen molar-refractivity contribution in [1.29, 1.82) is 0 Å². The summed E-state index contributed by atoms with van der Waals surface area (Å²) in [5.41, 5.74) is 1.40. The maximum absolute atomic E-state index is 12.8. The van der Waals surface area contributed by atoms with E-state index in [1.807, 2.05) is 18.2 Å². The van der Waals surface area contributed by atoms with Crippen LogP contribution < -0.4 is 16.0 Å². The molecule has 6 nitrogen and oxygen atoms in total. The molecule has 2 rings (SSSR count). The topological polar surface area (TPSA) is 78.4 Å². The van der Waals surface area contributed by atoms with E-state index in [0.29, 0.717) is 18.2 Å². The van der Waals surface area contributed by atoms with Gasteiger partial charge in [0, 0.05) is 18.9 Å². The van der Waals surface area contributed by atoms with Crippen LogP contribution in [-0.4, -0.2) is 30.4 Å². The normalized spacial score (nSPS) is 10.5. The highest BCUT2D eigenvalue weighted by atomic mass is 127. The number of pyridine rings is 1. The minimum absolute atomic E-state index is 0. The zero-order valence-electron chi connectivity index (χ0n) is 13.1. The Morgan fingerprint density at radius 1 is 1.17 bits per heavy atom. The lowest BCUT2D eigenvalue weighted by atomic mass is 10.3. The van der Waals surface area contributed by atoms with Crippen LogP contribution in [0.4, 0.5) is 10.1 Å². The number of guanidine groups is 1. The van der Waals surface area contributed by atoms with E-state index in [1.54, 1.807) is 13.2 Å². The summed E-state index contributed by atoms with van der Waals surface area (Å²) in [5.74, 6) is -0.109. The second kappa shape index (κ2) is 10.5. The number of carbonyl (C=O) groups is 1. The Hall–Kier alpha value is -2.23. The van der Waals surface area contributed by atoms with Gasteiger partial charge in [-0.3, -0.25) is 14.8 Å². The highest BCUT2D eigenvalue weighted by Gasteiger charge is 2.04. The molecule has 1 aromatic heterocycles. The SMILES string of the molecule is CN=C(NCC(=O)Nc1ccc(F)cc1)NCc1ccccn1.I. The predicted molar refractivity (Wildman–Crippen MR) is 103 cm³/mol. The average Bonchev–Trinajstić information content (AvgIpc) is 2.58. The van der Waals surface area contributed by atoms with Crippen LogP contribution in [0, 0.1) is 5.82 Å². The van der Waals surface area contributed by atoms with Gasteiger partial charge < -0.3 is 16.0 Å². The van der Waals surface area contributed by atoms with Crippen molar-refractivity contribution in [2.45, 2.75) is 6.54 Å². The van der Waals surface area contributed by atoms with E-state index in [4.69, 9.17) is 0 Å². The Kier molecular flexibility index (Phi) is 8.69. The zero-order valence-corrected chi connectivity index (χ0v) is 15.5. The number of anilines is 1. The van der Waals surface area contributed by atoms with Gasteiger partial charge in [-0.15, -0.1) is 24.0 Å². The van der Waals surface area contributed by atoms with Crippen molar-refractivity contribution < 1.29 is 9.18 Å². The van der Waals surface area contributed by atoms with Crippen LogP contribution in [0.2, 0.25) is 0 Å². The van der Waals surface area contributed by atoms with Crippen LogP contribution in [-0.2, 0) is 11.3 Å². The molecule has 0 unspecified atom stereocenters. The quantitative estimate of drug-likeness (QED) is 0.376. The molecule has 0 aliphatic rings. The van der Waals surface area contributed by atoms with Crippen molar-refractivity contribution in [3.8, 4) is 0 Å². The van der Waals surface area contributed by atoms with E-state index in [9.17, 15) is 9.18 Å². The summed E-state index contributed by atoms with van der Waals surface area (Å²) in [4.78, 5) is 20.0. The fraction of sp³-hybridized carbons (Fsp3) is 0.188. The molecule has 1 heterocycles. The molecule has 0 spiro atoms. The minimum atomic E-state index is -0.347. The van der Waals surface area contributed by atoms with Gasteiger partial charge in [-0.25, -0.2) is 4.39 Å². The first kappa shape index (κ1) is 19.8. The van der Waals surface area contributed by atoms with Crippen molar-refractivity contribution in [2.75, 3.05) is 18.9 Å². The number of benzene rings is 1. The van der Waals surface area contributed by atoms with Crippen molar-refractivity contribution in [3.63, 3.8) is 0 Å². The second-order valence-corrected chi connectivity index (χ2v) is 4.66. The Labute approximate surface area is 157 Å². The Morgan fingerprint density at radius 2 is 1.92 bits per heavy atom. The van der Waals surface area contributed by atoms with Gasteiger partial charge in [0.1, 0.15) is 5.82 Å². The smallest absolute Gasteiger partial charge is 0.243 e. The number of nitrogens with zero attached hydrogens (tertiary/aromatic N) is 2. The number of nitrogens with one attached hydrogen (secondary N) is 3. The summed E-state index contributed by atoms with van der Waals surface area (Å²) in [6.07, 6.45) is 1.71. The number of hydrogen-bond donors (Lipinski definition) is 3. The molecule has 0 fully saturated rings. The van der Waals surface area contributed by atoms with Gasteiger partial charge in [0.2, 0.25) is 5.91 Å². The molecule has 8 heteroatoms. The number of aliphatic imine (C=N–C) groups is 1. The van der Waals surface area contributed by atoms with Crippen LogP contribution in [0.15, 0.2) is 53.7 Å². The van der Waals surface area contributed by atoms with Crippen molar-refractivity contribution >= 4 is 41.5 Å². The van der Waals surface area contributed by atoms with E-state index < -0.39 is 0 Å². The maximum Gasteiger partial charge on any atom is 0.243 e. The Balaban J connectivity index is 0.00000288. The molecular weight excluding hydrogens is 424 g/mol. The van der Waals surface area contributed by atoms with Crippen LogP contribution >= 0.6 is 24.0 Å². The number of halogens is 2. The Bertz CT molecular complexity index is 664. The highest BCUT2D eigenvalue weighted by Crippen LogP contribution is 2.07. The molecule has 0 aliphatic heterocycles. The molecular formula is C16H19FIN5O. The van der Waals surface area contributed by atoms with Gasteiger partial charge in [0.15, 0.2) is 5.96 Å². The third-order valence-corrected chi connectivity index (χ3v) is 2.93. The second-order valence-electron chi connectivity index (χ2n) is 4.66. The summed E-state index contributed by atoms with van der Waals surface area (Å²) in [6.45, 7) is 0.541. The standard InChI is InChI=1S/C16H18FN5O.HI/c1-18-16(20-10-14-4-2-3-9-19-14)21-11-15(23)22-13-7-5-12(17)6-8-13;/h2-9H,10-11H2,1H3,(H,22,23)(H2,18,20,21);1H. The molecule has 0 bridgehead atoms. The summed E-state index contributed by atoms with van der Waals surface area (Å²) < 4.78 is 12.8. The van der Waals surface area contributed by atoms with E-state index in [-0.39, 0.29) is 42.2 Å². The molecule has 0 saturated heterocycles. The summed E-state index contributed by atoms with van der Waals surface area (Å²) in [7, 11) is 1.62. The van der Waals surface area contributed by atoms with Gasteiger partial charge in [-0.1, -0.05) is 6.07 Å². The number of aromatic nitrogens is 1. The van der Waals surface area contributed by atoms with Gasteiger partial charge in [0.25, 0.3) is 0 Å². The van der Waals surface area contributed by atoms with Crippen molar-refractivity contribution in [1.82, 2.24) is 15.6 Å². The molecule has 1 aromatic carbocycles. The van der Waals surface area contributed by atoms with E-state index in [2.05, 4.69) is 25.9 Å². The molecule has 24 heavy (non-hydrogen) atoms. The first-order valence-corrected chi connectivity index (χ1v) is 7.07. The summed E-state index contributed by atoms with van der Waals surface area (Å²) in [5, 5.41) is 8.61. The number of amides is 1. The molecule has 0 aliphatic carbocycles. The van der Waals surface area contributed by atoms with Crippen LogP contribution in [0.1, 0.15) is 5.69 Å². The van der Waals surface area contributed by atoms with Crippen LogP contribution in [0.3, 0.4) is 0 Å². The number of hydrogen-bond acceptors (Lipinski definition) is 3. The first-order chi connectivity index (χ1) is 11.2. The lowest BCUT2D eigenvalue weighted by Crippen LogP contribution is -2.41. The molecule has 0 saturated carbocycles. The van der Waals surface area contributed by atoms with E-state index in [1.165, 1.54) is 24.3 Å². The third-order valence-electron chi connectivity index (χ3n) is 2.93. The van der Waals surface area contributed by atoms with Gasteiger partial charge in [0.05, 0.1) is 18.8 Å². The summed E-state index contributed by atoms with van der Waals surface area (Å²) >= 11 is 0. The minimum Gasteiger partial charge on any atom is -0.351 e. The fourth-order valence-electron chi connectivity index (χ4n) is 1.80. The molecule has 0 atom stereocenters. The molecule has 128 valence electrons. The van der Waals surface area contributed by atoms with Crippen LogP contribution in [0.5, 0.6) is 0 Å². The molecule has 3 N–H and O–H groups in total. The number of carbonyl (C=O) groups excluding carboxylic acids is 1. The summed E-state index contributed by atoms with van der Waals surface area (Å²) in [6, 6.07) is 11.2. The fourth-order valence-corrected chi connectivity index (χ4v) is 1.80. The predicted octanol–water partition coefficient (Wildman–Crippen LogP) is 2.14. The largest absolute Gasteiger partial charge is 0.351 e. The van der Waals surface area contributed by atoms with Crippen molar-refractivity contribution in [2.24, 2.45) is 4.99 Å². The Morgan fingerprint density at radius 3 is 2.54 bits per heavy atom. The van der Waals surface area contributed by atoms with Gasteiger partial charge >= 0.3 is 0 Å². The molecule has 0 radical (unpaired) electrons. The van der Waals surface area contributed by atoms with E-state index in [0.717, 1.165) is 5.69 Å². The molecule has 1 amide bonds.